The van der Waals surface area contributed by atoms with Gasteiger partial charge in [-0.05, 0) is 71.0 Å². The molecule has 7 nitrogen and oxygen atoms in total. The van der Waals surface area contributed by atoms with E-state index in [0.717, 1.165) is 5.56 Å². The molecule has 0 saturated carbocycles. The molecule has 2 rings (SSSR count). The highest BCUT2D eigenvalue weighted by molar-refractivity contribution is 7.86. The summed E-state index contributed by atoms with van der Waals surface area (Å²) in [6.45, 7) is 9.02. The van der Waals surface area contributed by atoms with Gasteiger partial charge in [-0.25, -0.2) is 4.39 Å². The molecule has 0 bridgehead atoms. The molecule has 0 aliphatic heterocycles. The van der Waals surface area contributed by atoms with E-state index in [1.165, 1.54) is 29.2 Å². The zero-order valence-electron chi connectivity index (χ0n) is 19.5. The number of carbonyl (C=O) groups excluding carboxylic acids is 3. The summed E-state index contributed by atoms with van der Waals surface area (Å²) in [5, 5.41) is 5.37. The van der Waals surface area contributed by atoms with Gasteiger partial charge in [0.1, 0.15) is 23.4 Å². The van der Waals surface area contributed by atoms with Crippen LogP contribution in [0.5, 0.6) is 0 Å². The molecule has 0 heterocycles. The maximum Gasteiger partial charge on any atom is 0.243 e. The lowest BCUT2D eigenvalue weighted by Gasteiger charge is -2.31. The maximum absolute atomic E-state index is 13.1. The predicted molar refractivity (Wildman–Crippen MR) is 129 cm³/mol. The summed E-state index contributed by atoms with van der Waals surface area (Å²) < 4.78 is 25.6. The third-order valence-electron chi connectivity index (χ3n) is 4.55. The number of nitrogens with zero attached hydrogens (tertiary/aromatic N) is 1. The van der Waals surface area contributed by atoms with Crippen LogP contribution in [-0.2, 0) is 25.2 Å². The number of benzene rings is 2. The zero-order chi connectivity index (χ0) is 24.8. The van der Waals surface area contributed by atoms with Crippen molar-refractivity contribution in [2.75, 3.05) is 21.7 Å². The number of carbonyl (C=O) groups is 3. The second-order valence-corrected chi connectivity index (χ2v) is 10.3. The largest absolute Gasteiger partial charge is 0.350 e. The summed E-state index contributed by atoms with van der Waals surface area (Å²) in [4.78, 5) is 39.4. The van der Waals surface area contributed by atoms with E-state index in [9.17, 15) is 23.0 Å². The molecule has 0 aromatic heterocycles. The summed E-state index contributed by atoms with van der Waals surface area (Å²) >= 11 is 0. The first-order chi connectivity index (χ1) is 15.4. The van der Waals surface area contributed by atoms with Crippen LogP contribution >= 0.6 is 0 Å². The van der Waals surface area contributed by atoms with Crippen molar-refractivity contribution in [2.24, 2.45) is 0 Å². The van der Waals surface area contributed by atoms with Crippen LogP contribution in [0, 0.1) is 12.7 Å². The molecule has 2 aromatic carbocycles. The average Bonchev–Trinajstić information content (AvgIpc) is 2.69. The Morgan fingerprint density at radius 2 is 1.58 bits per heavy atom. The van der Waals surface area contributed by atoms with Gasteiger partial charge >= 0.3 is 0 Å². The van der Waals surface area contributed by atoms with Gasteiger partial charge in [-0.3, -0.25) is 23.5 Å². The first kappa shape index (κ1) is 26.2. The number of amides is 3. The highest BCUT2D eigenvalue weighted by Gasteiger charge is 2.30. The standard InChI is InChI=1S/C24H30FN3O4S/c1-16-6-12-20(13-7-16)28(17(2)23(31)27-24(3,4)5)22(30)15-33(32)14-21(29)26-19-10-8-18(25)9-11-19/h6-13,17H,14-15H2,1-5H3,(H,26,29)(H,27,31)/t17-,33-/m0/s1. The molecule has 0 spiro atoms. The zero-order valence-corrected chi connectivity index (χ0v) is 20.3. The lowest BCUT2D eigenvalue weighted by atomic mass is 10.1. The fourth-order valence-electron chi connectivity index (χ4n) is 3.02. The van der Waals surface area contributed by atoms with Crippen molar-refractivity contribution >= 4 is 39.9 Å². The van der Waals surface area contributed by atoms with Crippen LogP contribution in [0.25, 0.3) is 0 Å². The van der Waals surface area contributed by atoms with E-state index in [4.69, 9.17) is 0 Å². The molecule has 2 aromatic rings. The van der Waals surface area contributed by atoms with Crippen molar-refractivity contribution in [1.29, 1.82) is 0 Å². The van der Waals surface area contributed by atoms with Gasteiger partial charge in [0.25, 0.3) is 0 Å². The number of aryl methyl sites for hydroxylation is 1. The number of nitrogens with one attached hydrogen (secondary N) is 2. The van der Waals surface area contributed by atoms with Crippen LogP contribution in [0.15, 0.2) is 48.5 Å². The van der Waals surface area contributed by atoms with Gasteiger partial charge in [-0.15, -0.1) is 0 Å². The Morgan fingerprint density at radius 3 is 2.12 bits per heavy atom. The number of hydrogen-bond acceptors (Lipinski definition) is 4. The maximum atomic E-state index is 13.1. The van der Waals surface area contributed by atoms with E-state index in [2.05, 4.69) is 10.6 Å². The molecule has 0 aliphatic rings. The SMILES string of the molecule is Cc1ccc(N(C(=O)C[S@@](=O)CC(=O)Nc2ccc(F)cc2)[C@@H](C)C(=O)NC(C)(C)C)cc1. The minimum Gasteiger partial charge on any atom is -0.350 e. The third-order valence-corrected chi connectivity index (χ3v) is 5.70. The van der Waals surface area contributed by atoms with E-state index in [1.54, 1.807) is 19.1 Å². The molecule has 2 N–H and O–H groups in total. The second-order valence-electron chi connectivity index (χ2n) is 8.80. The fourth-order valence-corrected chi connectivity index (χ4v) is 3.90. The number of hydrogen-bond donors (Lipinski definition) is 2. The van der Waals surface area contributed by atoms with Gasteiger partial charge in [0.15, 0.2) is 0 Å². The highest BCUT2D eigenvalue weighted by atomic mass is 32.2. The first-order valence-corrected chi connectivity index (χ1v) is 12.0. The van der Waals surface area contributed by atoms with E-state index in [1.807, 2.05) is 39.8 Å². The molecule has 9 heteroatoms. The van der Waals surface area contributed by atoms with Crippen molar-refractivity contribution in [3.05, 3.63) is 59.9 Å². The lowest BCUT2D eigenvalue weighted by molar-refractivity contribution is -0.126. The molecule has 0 aliphatic carbocycles. The van der Waals surface area contributed by atoms with Crippen LogP contribution < -0.4 is 15.5 Å². The summed E-state index contributed by atoms with van der Waals surface area (Å²) in [7, 11) is -1.81. The number of halogens is 1. The van der Waals surface area contributed by atoms with Crippen molar-refractivity contribution in [1.82, 2.24) is 5.32 Å². The van der Waals surface area contributed by atoms with Gasteiger partial charge in [0.05, 0.1) is 0 Å². The Morgan fingerprint density at radius 1 is 1.00 bits per heavy atom. The van der Waals surface area contributed by atoms with Gasteiger partial charge in [0, 0.05) is 27.7 Å². The Bertz CT molecular complexity index is 1020. The summed E-state index contributed by atoms with van der Waals surface area (Å²) in [5.41, 5.74) is 1.35. The Labute approximate surface area is 196 Å². The lowest BCUT2D eigenvalue weighted by Crippen LogP contribution is -2.53. The summed E-state index contributed by atoms with van der Waals surface area (Å²) in [6, 6.07) is 11.4. The van der Waals surface area contributed by atoms with Crippen LogP contribution in [-0.4, -0.2) is 45.0 Å². The smallest absolute Gasteiger partial charge is 0.243 e. The third kappa shape index (κ3) is 8.42. The predicted octanol–water partition coefficient (Wildman–Crippen LogP) is 3.16. The Hall–Kier alpha value is -3.07. The van der Waals surface area contributed by atoms with E-state index in [0.29, 0.717) is 11.4 Å². The highest BCUT2D eigenvalue weighted by Crippen LogP contribution is 2.19. The number of anilines is 2. The van der Waals surface area contributed by atoms with Crippen LogP contribution in [0.1, 0.15) is 33.3 Å². The average molecular weight is 476 g/mol. The van der Waals surface area contributed by atoms with E-state index < -0.39 is 51.5 Å². The monoisotopic (exact) mass is 475 g/mol. The molecule has 0 saturated heterocycles. The van der Waals surface area contributed by atoms with E-state index >= 15 is 0 Å². The summed E-state index contributed by atoms with van der Waals surface area (Å²) in [5.74, 6) is -2.73. The van der Waals surface area contributed by atoms with Crippen molar-refractivity contribution in [3.63, 3.8) is 0 Å². The quantitative estimate of drug-likeness (QED) is 0.613. The fraction of sp³-hybridized carbons (Fsp3) is 0.375. The molecular weight excluding hydrogens is 445 g/mol. The molecule has 3 amide bonds. The topological polar surface area (TPSA) is 95.6 Å². The van der Waals surface area contributed by atoms with Gasteiger partial charge in [-0.1, -0.05) is 17.7 Å². The molecular formula is C24H30FN3O4S. The second kappa shape index (κ2) is 11.2. The van der Waals surface area contributed by atoms with Crippen LogP contribution in [0.2, 0.25) is 0 Å². The first-order valence-electron chi connectivity index (χ1n) is 10.5. The van der Waals surface area contributed by atoms with E-state index in [-0.39, 0.29) is 5.91 Å². The van der Waals surface area contributed by atoms with Crippen molar-refractivity contribution < 1.29 is 23.0 Å². The molecule has 33 heavy (non-hydrogen) atoms. The molecule has 0 unspecified atom stereocenters. The van der Waals surface area contributed by atoms with Gasteiger partial charge < -0.3 is 10.6 Å². The van der Waals surface area contributed by atoms with Crippen LogP contribution in [0.4, 0.5) is 15.8 Å². The Balaban J connectivity index is 2.12. The normalized spacial score (nSPS) is 13.0. The summed E-state index contributed by atoms with van der Waals surface area (Å²) in [6.07, 6.45) is 0. The molecule has 2 atom stereocenters. The molecule has 0 fully saturated rings. The minimum absolute atomic E-state index is 0.351. The van der Waals surface area contributed by atoms with Crippen LogP contribution in [0.3, 0.4) is 0 Å². The molecule has 0 radical (unpaired) electrons. The minimum atomic E-state index is -1.81. The van der Waals surface area contributed by atoms with Crippen molar-refractivity contribution in [3.8, 4) is 0 Å². The van der Waals surface area contributed by atoms with Gasteiger partial charge in [-0.2, -0.15) is 0 Å². The molecule has 178 valence electrons. The van der Waals surface area contributed by atoms with Gasteiger partial charge in [0.2, 0.25) is 17.7 Å². The Kier molecular flexibility index (Phi) is 8.87. The van der Waals surface area contributed by atoms with Crippen molar-refractivity contribution in [2.45, 2.75) is 46.2 Å². The number of rotatable bonds is 8.